The quantitative estimate of drug-likeness (QED) is 0.765. The van der Waals surface area contributed by atoms with Crippen molar-refractivity contribution in [3.63, 3.8) is 0 Å². The summed E-state index contributed by atoms with van der Waals surface area (Å²) in [6, 6.07) is 3.63. The number of nitrogens with two attached hydrogens (primary N) is 1. The molecule has 0 aliphatic heterocycles. The van der Waals surface area contributed by atoms with Crippen LogP contribution in [0.25, 0.3) is 10.1 Å². The van der Waals surface area contributed by atoms with Gasteiger partial charge in [0.15, 0.2) is 0 Å². The van der Waals surface area contributed by atoms with Crippen LogP contribution in [0.3, 0.4) is 0 Å². The molecular weight excluding hydrogens is 206 g/mol. The number of nitrogen functional groups attached to an aromatic ring is 1. The van der Waals surface area contributed by atoms with E-state index in [1.165, 1.54) is 11.3 Å². The topological polar surface area (TPSA) is 46.2 Å². The van der Waals surface area contributed by atoms with Gasteiger partial charge in [-0.05, 0) is 17.7 Å². The molecule has 1 heterocycles. The second-order valence-corrected chi connectivity index (χ2v) is 4.09. The van der Waals surface area contributed by atoms with Crippen molar-refractivity contribution in [3.8, 4) is 0 Å². The van der Waals surface area contributed by atoms with E-state index in [1.54, 1.807) is 6.07 Å². The van der Waals surface area contributed by atoms with Crippen molar-refractivity contribution < 1.29 is 5.11 Å². The number of hydrogen-bond donors (Lipinski definition) is 2. The van der Waals surface area contributed by atoms with Crippen molar-refractivity contribution >= 4 is 38.7 Å². The van der Waals surface area contributed by atoms with Gasteiger partial charge < -0.3 is 10.8 Å². The average molecular weight is 214 g/mol. The van der Waals surface area contributed by atoms with Crippen molar-refractivity contribution in [3.05, 3.63) is 28.1 Å². The normalized spacial score (nSPS) is 10.9. The summed E-state index contributed by atoms with van der Waals surface area (Å²) in [7, 11) is 0. The zero-order valence-electron chi connectivity index (χ0n) is 6.75. The third-order valence-electron chi connectivity index (χ3n) is 1.90. The summed E-state index contributed by atoms with van der Waals surface area (Å²) >= 11 is 7.52. The number of anilines is 1. The number of fused-ring (bicyclic) bond motifs is 1. The van der Waals surface area contributed by atoms with E-state index in [2.05, 4.69) is 0 Å². The lowest BCUT2D eigenvalue weighted by atomic mass is 10.1. The van der Waals surface area contributed by atoms with Crippen LogP contribution in [-0.4, -0.2) is 5.11 Å². The van der Waals surface area contributed by atoms with E-state index < -0.39 is 0 Å². The van der Waals surface area contributed by atoms with Crippen molar-refractivity contribution in [1.82, 2.24) is 0 Å². The van der Waals surface area contributed by atoms with Crippen LogP contribution in [0.2, 0.25) is 5.02 Å². The van der Waals surface area contributed by atoms with Crippen LogP contribution in [-0.2, 0) is 6.61 Å². The third-order valence-corrected chi connectivity index (χ3v) is 3.36. The molecule has 1 aromatic heterocycles. The molecule has 13 heavy (non-hydrogen) atoms. The highest BCUT2D eigenvalue weighted by molar-refractivity contribution is 7.18. The number of halogens is 1. The number of hydrogen-bond acceptors (Lipinski definition) is 3. The molecule has 2 rings (SSSR count). The van der Waals surface area contributed by atoms with Gasteiger partial charge in [0.1, 0.15) is 0 Å². The summed E-state index contributed by atoms with van der Waals surface area (Å²) < 4.78 is 0.983. The molecule has 68 valence electrons. The van der Waals surface area contributed by atoms with Gasteiger partial charge in [-0.25, -0.2) is 0 Å². The standard InChI is InChI=1S/C9H8ClNOS/c10-7-2-5(3-12)1-6-8(11)4-13-9(6)7/h1-2,4,12H,3,11H2. The maximum atomic E-state index is 8.95. The molecule has 0 amide bonds. The van der Waals surface area contributed by atoms with Crippen LogP contribution in [0, 0.1) is 0 Å². The monoisotopic (exact) mass is 213 g/mol. The fourth-order valence-electron chi connectivity index (χ4n) is 1.26. The van der Waals surface area contributed by atoms with E-state index in [0.717, 1.165) is 21.3 Å². The molecule has 0 bridgehead atoms. The van der Waals surface area contributed by atoms with Gasteiger partial charge in [-0.1, -0.05) is 11.6 Å². The highest BCUT2D eigenvalue weighted by Crippen LogP contribution is 2.34. The Labute approximate surface area is 84.6 Å². The van der Waals surface area contributed by atoms with Crippen LogP contribution in [0.5, 0.6) is 0 Å². The van der Waals surface area contributed by atoms with E-state index in [0.29, 0.717) is 5.02 Å². The predicted octanol–water partition coefficient (Wildman–Crippen LogP) is 2.63. The molecule has 1 aromatic carbocycles. The Morgan fingerprint density at radius 3 is 2.92 bits per heavy atom. The SMILES string of the molecule is Nc1csc2c(Cl)cc(CO)cc12. The molecule has 0 radical (unpaired) electrons. The molecule has 0 aliphatic rings. The lowest BCUT2D eigenvalue weighted by molar-refractivity contribution is 0.282. The fraction of sp³-hybridized carbons (Fsp3) is 0.111. The van der Waals surface area contributed by atoms with E-state index >= 15 is 0 Å². The Morgan fingerprint density at radius 1 is 1.46 bits per heavy atom. The van der Waals surface area contributed by atoms with Gasteiger partial charge in [0.05, 0.1) is 22.0 Å². The van der Waals surface area contributed by atoms with Gasteiger partial charge in [0.25, 0.3) is 0 Å². The minimum Gasteiger partial charge on any atom is -0.398 e. The number of aliphatic hydroxyl groups excluding tert-OH is 1. The van der Waals surface area contributed by atoms with E-state index in [-0.39, 0.29) is 6.61 Å². The molecule has 0 fully saturated rings. The fourth-order valence-corrected chi connectivity index (χ4v) is 2.48. The molecular formula is C9H8ClNOS. The minimum absolute atomic E-state index is 0.00898. The summed E-state index contributed by atoms with van der Waals surface area (Å²) in [6.07, 6.45) is 0. The molecule has 0 saturated carbocycles. The molecule has 4 heteroatoms. The average Bonchev–Trinajstić information content (AvgIpc) is 2.48. The zero-order valence-corrected chi connectivity index (χ0v) is 8.32. The molecule has 0 aliphatic carbocycles. The number of thiophene rings is 1. The smallest absolute Gasteiger partial charge is 0.0682 e. The second kappa shape index (κ2) is 3.18. The van der Waals surface area contributed by atoms with Crippen molar-refractivity contribution in [2.45, 2.75) is 6.61 Å². The summed E-state index contributed by atoms with van der Waals surface area (Å²) in [5, 5.41) is 12.4. The first-order chi connectivity index (χ1) is 6.22. The summed E-state index contributed by atoms with van der Waals surface area (Å²) in [5.41, 5.74) is 7.25. The number of rotatable bonds is 1. The molecule has 0 unspecified atom stereocenters. The minimum atomic E-state index is -0.00898. The molecule has 2 aromatic rings. The molecule has 0 spiro atoms. The summed E-state index contributed by atoms with van der Waals surface area (Å²) in [5.74, 6) is 0. The predicted molar refractivity (Wildman–Crippen MR) is 57.2 cm³/mol. The van der Waals surface area contributed by atoms with Crippen LogP contribution < -0.4 is 5.73 Å². The first kappa shape index (κ1) is 8.81. The van der Waals surface area contributed by atoms with Crippen LogP contribution in [0.1, 0.15) is 5.56 Å². The van der Waals surface area contributed by atoms with Gasteiger partial charge in [-0.3, -0.25) is 0 Å². The van der Waals surface area contributed by atoms with Crippen molar-refractivity contribution in [2.24, 2.45) is 0 Å². The van der Waals surface area contributed by atoms with Gasteiger partial charge in [0.2, 0.25) is 0 Å². The molecule has 0 saturated heterocycles. The Kier molecular flexibility index (Phi) is 2.15. The van der Waals surface area contributed by atoms with Crippen LogP contribution >= 0.6 is 22.9 Å². The molecule has 3 N–H and O–H groups in total. The Balaban J connectivity index is 2.80. The molecule has 2 nitrogen and oxygen atoms in total. The number of aliphatic hydroxyl groups is 1. The highest BCUT2D eigenvalue weighted by atomic mass is 35.5. The highest BCUT2D eigenvalue weighted by Gasteiger charge is 2.06. The Bertz CT molecular complexity index is 452. The van der Waals surface area contributed by atoms with Crippen LogP contribution in [0.4, 0.5) is 5.69 Å². The van der Waals surface area contributed by atoms with Crippen molar-refractivity contribution in [1.29, 1.82) is 0 Å². The zero-order chi connectivity index (χ0) is 9.42. The summed E-state index contributed by atoms with van der Waals surface area (Å²) in [4.78, 5) is 0. The van der Waals surface area contributed by atoms with E-state index in [9.17, 15) is 0 Å². The number of benzene rings is 1. The largest absolute Gasteiger partial charge is 0.398 e. The maximum absolute atomic E-state index is 8.95. The third kappa shape index (κ3) is 1.39. The summed E-state index contributed by atoms with van der Waals surface area (Å²) in [6.45, 7) is -0.00898. The van der Waals surface area contributed by atoms with E-state index in [4.69, 9.17) is 22.4 Å². The van der Waals surface area contributed by atoms with Gasteiger partial charge in [-0.15, -0.1) is 11.3 Å². The van der Waals surface area contributed by atoms with Gasteiger partial charge in [-0.2, -0.15) is 0 Å². The maximum Gasteiger partial charge on any atom is 0.0682 e. The molecule has 0 atom stereocenters. The van der Waals surface area contributed by atoms with E-state index in [1.807, 2.05) is 11.4 Å². The second-order valence-electron chi connectivity index (χ2n) is 2.80. The Morgan fingerprint density at radius 2 is 2.23 bits per heavy atom. The lowest BCUT2D eigenvalue weighted by Gasteiger charge is -1.99. The first-order valence-electron chi connectivity index (χ1n) is 3.78. The van der Waals surface area contributed by atoms with Gasteiger partial charge in [0, 0.05) is 10.8 Å². The van der Waals surface area contributed by atoms with Crippen LogP contribution in [0.15, 0.2) is 17.5 Å². The first-order valence-corrected chi connectivity index (χ1v) is 5.04. The van der Waals surface area contributed by atoms with Crippen molar-refractivity contribution in [2.75, 3.05) is 5.73 Å². The Hall–Kier alpha value is -0.770. The lowest BCUT2D eigenvalue weighted by Crippen LogP contribution is -1.85. The van der Waals surface area contributed by atoms with Gasteiger partial charge >= 0.3 is 0 Å².